The molecule has 1 heterocycles. The maximum atomic E-state index is 11.9. The van der Waals surface area contributed by atoms with E-state index in [0.717, 1.165) is 30.8 Å². The molecule has 0 radical (unpaired) electrons. The summed E-state index contributed by atoms with van der Waals surface area (Å²) in [5.74, 6) is 0.713. The number of benzene rings is 1. The van der Waals surface area contributed by atoms with Crippen molar-refractivity contribution in [3.63, 3.8) is 0 Å². The minimum absolute atomic E-state index is 0.0122. The lowest BCUT2D eigenvalue weighted by Crippen LogP contribution is -2.34. The Morgan fingerprint density at radius 3 is 3.15 bits per heavy atom. The largest absolute Gasteiger partial charge is 0.497 e. The molecule has 0 saturated carbocycles. The SMILES string of the molecule is COc1cccc(NC(=O)CCN2CCC[C@@H]2CO)c1. The van der Waals surface area contributed by atoms with Crippen LogP contribution in [-0.2, 0) is 4.79 Å². The molecule has 0 unspecified atom stereocenters. The number of hydrogen-bond donors (Lipinski definition) is 2. The van der Waals surface area contributed by atoms with E-state index in [0.29, 0.717) is 13.0 Å². The van der Waals surface area contributed by atoms with Gasteiger partial charge in [-0.1, -0.05) is 6.07 Å². The molecule has 0 aliphatic carbocycles. The van der Waals surface area contributed by atoms with Gasteiger partial charge < -0.3 is 15.2 Å². The number of aliphatic hydroxyl groups excluding tert-OH is 1. The first-order valence-corrected chi connectivity index (χ1v) is 7.01. The van der Waals surface area contributed by atoms with Crippen molar-refractivity contribution in [1.29, 1.82) is 0 Å². The molecule has 1 amide bonds. The molecule has 1 aromatic rings. The minimum Gasteiger partial charge on any atom is -0.497 e. The van der Waals surface area contributed by atoms with Gasteiger partial charge in [-0.3, -0.25) is 9.69 Å². The molecule has 110 valence electrons. The van der Waals surface area contributed by atoms with Gasteiger partial charge in [0.25, 0.3) is 0 Å². The summed E-state index contributed by atoms with van der Waals surface area (Å²) >= 11 is 0. The van der Waals surface area contributed by atoms with Crippen molar-refractivity contribution in [1.82, 2.24) is 4.90 Å². The molecule has 0 spiro atoms. The molecule has 1 aromatic carbocycles. The maximum absolute atomic E-state index is 11.9. The molecular weight excluding hydrogens is 256 g/mol. The predicted octanol–water partition coefficient (Wildman–Crippen LogP) is 1.48. The molecule has 0 aromatic heterocycles. The van der Waals surface area contributed by atoms with Crippen molar-refractivity contribution < 1.29 is 14.6 Å². The van der Waals surface area contributed by atoms with Gasteiger partial charge in [0.2, 0.25) is 5.91 Å². The zero-order valence-corrected chi connectivity index (χ0v) is 11.8. The Balaban J connectivity index is 1.80. The Hall–Kier alpha value is -1.59. The van der Waals surface area contributed by atoms with E-state index in [1.54, 1.807) is 13.2 Å². The lowest BCUT2D eigenvalue weighted by molar-refractivity contribution is -0.116. The summed E-state index contributed by atoms with van der Waals surface area (Å²) < 4.78 is 5.12. The number of anilines is 1. The molecular formula is C15H22N2O3. The number of methoxy groups -OCH3 is 1. The molecule has 5 nitrogen and oxygen atoms in total. The Bertz CT molecular complexity index is 450. The number of nitrogens with zero attached hydrogens (tertiary/aromatic N) is 1. The highest BCUT2D eigenvalue weighted by Gasteiger charge is 2.23. The summed E-state index contributed by atoms with van der Waals surface area (Å²) in [5.41, 5.74) is 0.745. The molecule has 1 aliphatic rings. The Morgan fingerprint density at radius 2 is 2.40 bits per heavy atom. The Kier molecular flexibility index (Phi) is 5.38. The highest BCUT2D eigenvalue weighted by molar-refractivity contribution is 5.91. The van der Waals surface area contributed by atoms with Crippen LogP contribution in [0.3, 0.4) is 0 Å². The molecule has 20 heavy (non-hydrogen) atoms. The fourth-order valence-electron chi connectivity index (χ4n) is 2.57. The van der Waals surface area contributed by atoms with Crippen LogP contribution in [0, 0.1) is 0 Å². The Labute approximate surface area is 119 Å². The third-order valence-electron chi connectivity index (χ3n) is 3.69. The van der Waals surface area contributed by atoms with Crippen molar-refractivity contribution >= 4 is 11.6 Å². The van der Waals surface area contributed by atoms with Crippen molar-refractivity contribution in [2.75, 3.05) is 32.1 Å². The van der Waals surface area contributed by atoms with E-state index in [9.17, 15) is 9.90 Å². The maximum Gasteiger partial charge on any atom is 0.225 e. The molecule has 1 fully saturated rings. The summed E-state index contributed by atoms with van der Waals surface area (Å²) in [6, 6.07) is 7.54. The van der Waals surface area contributed by atoms with Crippen LogP contribution in [0.1, 0.15) is 19.3 Å². The summed E-state index contributed by atoms with van der Waals surface area (Å²) in [7, 11) is 1.60. The topological polar surface area (TPSA) is 61.8 Å². The van der Waals surface area contributed by atoms with E-state index in [-0.39, 0.29) is 18.6 Å². The van der Waals surface area contributed by atoms with Gasteiger partial charge in [0.05, 0.1) is 13.7 Å². The standard InChI is InChI=1S/C15H22N2O3/c1-20-14-6-2-4-12(10-14)16-15(19)7-9-17-8-3-5-13(17)11-18/h2,4,6,10,13,18H,3,5,7-9,11H2,1H3,(H,16,19)/t13-/m1/s1. The first kappa shape index (κ1) is 14.8. The number of amides is 1. The van der Waals surface area contributed by atoms with Crippen LogP contribution in [0.25, 0.3) is 0 Å². The van der Waals surface area contributed by atoms with E-state index in [1.807, 2.05) is 18.2 Å². The van der Waals surface area contributed by atoms with Crippen LogP contribution in [-0.4, -0.2) is 48.8 Å². The van der Waals surface area contributed by atoms with E-state index >= 15 is 0 Å². The smallest absolute Gasteiger partial charge is 0.225 e. The van der Waals surface area contributed by atoms with Crippen LogP contribution >= 0.6 is 0 Å². The van der Waals surface area contributed by atoms with Crippen molar-refractivity contribution in [3.8, 4) is 5.75 Å². The quantitative estimate of drug-likeness (QED) is 0.827. The molecule has 5 heteroatoms. The summed E-state index contributed by atoms with van der Waals surface area (Å²) in [4.78, 5) is 14.1. The summed E-state index contributed by atoms with van der Waals surface area (Å²) in [6.45, 7) is 1.84. The number of rotatable bonds is 6. The molecule has 2 rings (SSSR count). The van der Waals surface area contributed by atoms with Crippen LogP contribution in [0.5, 0.6) is 5.75 Å². The summed E-state index contributed by atoms with van der Waals surface area (Å²) in [6.07, 6.45) is 2.56. The second kappa shape index (κ2) is 7.26. The number of likely N-dealkylation sites (tertiary alicyclic amines) is 1. The second-order valence-electron chi connectivity index (χ2n) is 5.04. The number of hydrogen-bond acceptors (Lipinski definition) is 4. The van der Waals surface area contributed by atoms with Gasteiger partial charge in [0.1, 0.15) is 5.75 Å². The zero-order chi connectivity index (χ0) is 14.4. The number of carbonyl (C=O) groups is 1. The fourth-order valence-corrected chi connectivity index (χ4v) is 2.57. The highest BCUT2D eigenvalue weighted by atomic mass is 16.5. The average Bonchev–Trinajstić information content (AvgIpc) is 2.93. The number of aliphatic hydroxyl groups is 1. The first-order valence-electron chi connectivity index (χ1n) is 7.01. The van der Waals surface area contributed by atoms with Gasteiger partial charge in [-0.15, -0.1) is 0 Å². The number of carbonyl (C=O) groups excluding carboxylic acids is 1. The lowest BCUT2D eigenvalue weighted by Gasteiger charge is -2.22. The van der Waals surface area contributed by atoms with Crippen LogP contribution in [0.4, 0.5) is 5.69 Å². The lowest BCUT2D eigenvalue weighted by atomic mass is 10.2. The third-order valence-corrected chi connectivity index (χ3v) is 3.69. The Morgan fingerprint density at radius 1 is 1.55 bits per heavy atom. The van der Waals surface area contributed by atoms with E-state index in [2.05, 4.69) is 10.2 Å². The minimum atomic E-state index is -0.0122. The van der Waals surface area contributed by atoms with Gasteiger partial charge in [0.15, 0.2) is 0 Å². The zero-order valence-electron chi connectivity index (χ0n) is 11.8. The number of ether oxygens (including phenoxy) is 1. The van der Waals surface area contributed by atoms with Crippen molar-refractivity contribution in [2.45, 2.75) is 25.3 Å². The van der Waals surface area contributed by atoms with Gasteiger partial charge in [-0.25, -0.2) is 0 Å². The molecule has 0 bridgehead atoms. The van der Waals surface area contributed by atoms with Crippen molar-refractivity contribution in [3.05, 3.63) is 24.3 Å². The molecule has 1 saturated heterocycles. The molecule has 2 N–H and O–H groups in total. The monoisotopic (exact) mass is 278 g/mol. The van der Waals surface area contributed by atoms with E-state index in [1.165, 1.54) is 0 Å². The molecule has 1 aliphatic heterocycles. The summed E-state index contributed by atoms with van der Waals surface area (Å²) in [5, 5.41) is 12.1. The molecule has 1 atom stereocenters. The van der Waals surface area contributed by atoms with Crippen LogP contribution in [0.2, 0.25) is 0 Å². The van der Waals surface area contributed by atoms with Crippen LogP contribution < -0.4 is 10.1 Å². The van der Waals surface area contributed by atoms with Gasteiger partial charge in [-0.05, 0) is 31.5 Å². The first-order chi connectivity index (χ1) is 9.72. The third kappa shape index (κ3) is 3.95. The van der Waals surface area contributed by atoms with Gasteiger partial charge in [-0.2, -0.15) is 0 Å². The van der Waals surface area contributed by atoms with Gasteiger partial charge in [0, 0.05) is 30.8 Å². The highest BCUT2D eigenvalue weighted by Crippen LogP contribution is 2.18. The second-order valence-corrected chi connectivity index (χ2v) is 5.04. The number of nitrogens with one attached hydrogen (secondary N) is 1. The van der Waals surface area contributed by atoms with E-state index in [4.69, 9.17) is 4.74 Å². The normalized spacial score (nSPS) is 19.0. The average molecular weight is 278 g/mol. The van der Waals surface area contributed by atoms with Crippen molar-refractivity contribution in [2.24, 2.45) is 0 Å². The van der Waals surface area contributed by atoms with E-state index < -0.39 is 0 Å². The van der Waals surface area contributed by atoms with Crippen LogP contribution in [0.15, 0.2) is 24.3 Å². The van der Waals surface area contributed by atoms with Gasteiger partial charge >= 0.3 is 0 Å². The predicted molar refractivity (Wildman–Crippen MR) is 77.9 cm³/mol. The fraction of sp³-hybridized carbons (Fsp3) is 0.533.